The Morgan fingerprint density at radius 1 is 1.73 bits per heavy atom. The predicted molar refractivity (Wildman–Crippen MR) is 54.0 cm³/mol. The van der Waals surface area contributed by atoms with Crippen molar-refractivity contribution >= 4 is 5.97 Å². The summed E-state index contributed by atoms with van der Waals surface area (Å²) in [6, 6.07) is 1.90. The summed E-state index contributed by atoms with van der Waals surface area (Å²) in [7, 11) is 3.34. The molecule has 0 bridgehead atoms. The van der Waals surface area contributed by atoms with Gasteiger partial charge in [0, 0.05) is 26.3 Å². The van der Waals surface area contributed by atoms with Crippen molar-refractivity contribution in [1.82, 2.24) is 14.7 Å². The third-order valence-corrected chi connectivity index (χ3v) is 2.89. The van der Waals surface area contributed by atoms with Gasteiger partial charge >= 0.3 is 5.97 Å². The summed E-state index contributed by atoms with van der Waals surface area (Å²) >= 11 is 0. The molecule has 0 saturated carbocycles. The van der Waals surface area contributed by atoms with E-state index in [9.17, 15) is 4.79 Å². The Morgan fingerprint density at radius 2 is 2.53 bits per heavy atom. The fraction of sp³-hybridized carbons (Fsp3) is 0.600. The Bertz CT molecular complexity index is 361. The summed E-state index contributed by atoms with van der Waals surface area (Å²) in [6.07, 6.45) is 2.66. The fourth-order valence-corrected chi connectivity index (χ4v) is 1.80. The number of nitrogens with zero attached hydrogens (tertiary/aromatic N) is 3. The van der Waals surface area contributed by atoms with E-state index in [4.69, 9.17) is 4.74 Å². The lowest BCUT2D eigenvalue weighted by Crippen LogP contribution is -2.52. The first-order valence-electron chi connectivity index (χ1n) is 5.01. The average Bonchev–Trinajstić information content (AvgIpc) is 2.58. The van der Waals surface area contributed by atoms with Crippen LogP contribution in [-0.4, -0.2) is 40.3 Å². The zero-order chi connectivity index (χ0) is 10.8. The second-order valence-electron chi connectivity index (χ2n) is 3.74. The molecule has 0 amide bonds. The van der Waals surface area contributed by atoms with E-state index in [1.165, 1.54) is 7.11 Å². The lowest BCUT2D eigenvalue weighted by molar-refractivity contribution is -0.152. The molecule has 1 aliphatic rings. The number of esters is 1. The predicted octanol–water partition coefficient (Wildman–Crippen LogP) is 0.167. The van der Waals surface area contributed by atoms with E-state index < -0.39 is 0 Å². The molecule has 1 fully saturated rings. The van der Waals surface area contributed by atoms with Gasteiger partial charge in [-0.15, -0.1) is 0 Å². The van der Waals surface area contributed by atoms with Crippen molar-refractivity contribution in [3.8, 4) is 0 Å². The maximum atomic E-state index is 11.3. The SMILES string of the molecule is COC(=O)C1CCN1Cc1ccnn1C. The number of rotatable bonds is 3. The number of carbonyl (C=O) groups is 1. The van der Waals surface area contributed by atoms with Crippen molar-refractivity contribution < 1.29 is 9.53 Å². The minimum Gasteiger partial charge on any atom is -0.468 e. The molecule has 5 heteroatoms. The van der Waals surface area contributed by atoms with Gasteiger partial charge in [-0.25, -0.2) is 0 Å². The van der Waals surface area contributed by atoms with Gasteiger partial charge in [0.1, 0.15) is 6.04 Å². The second-order valence-corrected chi connectivity index (χ2v) is 3.74. The fourth-order valence-electron chi connectivity index (χ4n) is 1.80. The number of hydrogen-bond acceptors (Lipinski definition) is 4. The van der Waals surface area contributed by atoms with Crippen molar-refractivity contribution in [3.63, 3.8) is 0 Å². The molecule has 15 heavy (non-hydrogen) atoms. The van der Waals surface area contributed by atoms with Crippen LogP contribution in [0.2, 0.25) is 0 Å². The van der Waals surface area contributed by atoms with Crippen LogP contribution < -0.4 is 0 Å². The van der Waals surface area contributed by atoms with Gasteiger partial charge in [0.05, 0.1) is 12.8 Å². The molecule has 1 saturated heterocycles. The smallest absolute Gasteiger partial charge is 0.323 e. The molecule has 0 radical (unpaired) electrons. The van der Waals surface area contributed by atoms with Crippen LogP contribution in [0.25, 0.3) is 0 Å². The molecule has 0 N–H and O–H groups in total. The van der Waals surface area contributed by atoms with E-state index in [0.29, 0.717) is 0 Å². The zero-order valence-electron chi connectivity index (χ0n) is 9.01. The Labute approximate surface area is 88.6 Å². The number of aromatic nitrogens is 2. The molecule has 1 aromatic rings. The maximum absolute atomic E-state index is 11.3. The first-order chi connectivity index (χ1) is 7.22. The number of hydrogen-bond donors (Lipinski definition) is 0. The highest BCUT2D eigenvalue weighted by Crippen LogP contribution is 2.20. The third-order valence-electron chi connectivity index (χ3n) is 2.89. The van der Waals surface area contributed by atoms with Crippen molar-refractivity contribution in [3.05, 3.63) is 18.0 Å². The third kappa shape index (κ3) is 1.87. The van der Waals surface area contributed by atoms with Gasteiger partial charge in [-0.05, 0) is 12.5 Å². The van der Waals surface area contributed by atoms with Crippen LogP contribution in [0.15, 0.2) is 12.3 Å². The van der Waals surface area contributed by atoms with Crippen molar-refractivity contribution in [2.24, 2.45) is 7.05 Å². The molecular weight excluding hydrogens is 194 g/mol. The van der Waals surface area contributed by atoms with Gasteiger partial charge in [0.2, 0.25) is 0 Å². The molecule has 5 nitrogen and oxygen atoms in total. The number of methoxy groups -OCH3 is 1. The van der Waals surface area contributed by atoms with Crippen LogP contribution in [0.5, 0.6) is 0 Å². The summed E-state index contributed by atoms with van der Waals surface area (Å²) in [4.78, 5) is 13.4. The number of likely N-dealkylation sites (tertiary alicyclic amines) is 1. The molecule has 0 aromatic carbocycles. The summed E-state index contributed by atoms with van der Waals surface area (Å²) in [5.74, 6) is -0.136. The molecule has 1 aromatic heterocycles. The van der Waals surface area contributed by atoms with Crippen LogP contribution in [0.4, 0.5) is 0 Å². The van der Waals surface area contributed by atoms with Crippen molar-refractivity contribution in [1.29, 1.82) is 0 Å². The first-order valence-corrected chi connectivity index (χ1v) is 5.01. The minimum atomic E-state index is -0.136. The Balaban J connectivity index is 1.96. The standard InChI is InChI=1S/C10H15N3O2/c1-12-8(3-5-11-12)7-13-6-4-9(13)10(14)15-2/h3,5,9H,4,6-7H2,1-2H3. The highest BCUT2D eigenvalue weighted by molar-refractivity contribution is 5.76. The van der Waals surface area contributed by atoms with E-state index >= 15 is 0 Å². The molecule has 2 rings (SSSR count). The summed E-state index contributed by atoms with van der Waals surface area (Å²) < 4.78 is 6.56. The van der Waals surface area contributed by atoms with E-state index in [-0.39, 0.29) is 12.0 Å². The van der Waals surface area contributed by atoms with E-state index in [1.54, 1.807) is 6.20 Å². The number of carbonyl (C=O) groups excluding carboxylic acids is 1. The maximum Gasteiger partial charge on any atom is 0.323 e. The van der Waals surface area contributed by atoms with Gasteiger partial charge in [0.15, 0.2) is 0 Å². The quantitative estimate of drug-likeness (QED) is 0.666. The van der Waals surface area contributed by atoms with Gasteiger partial charge < -0.3 is 4.74 Å². The zero-order valence-corrected chi connectivity index (χ0v) is 9.01. The van der Waals surface area contributed by atoms with Crippen LogP contribution in [-0.2, 0) is 23.1 Å². The largest absolute Gasteiger partial charge is 0.468 e. The summed E-state index contributed by atoms with van der Waals surface area (Å²) in [5.41, 5.74) is 1.11. The molecule has 2 heterocycles. The van der Waals surface area contributed by atoms with Crippen LogP contribution in [0.3, 0.4) is 0 Å². The minimum absolute atomic E-state index is 0.0649. The highest BCUT2D eigenvalue weighted by atomic mass is 16.5. The Hall–Kier alpha value is -1.36. The summed E-state index contributed by atoms with van der Waals surface area (Å²) in [5, 5.41) is 4.09. The normalized spacial score (nSPS) is 21.1. The van der Waals surface area contributed by atoms with E-state index in [0.717, 1.165) is 25.2 Å². The first kappa shape index (κ1) is 10.2. The van der Waals surface area contributed by atoms with Gasteiger partial charge in [-0.2, -0.15) is 5.10 Å². The number of aryl methyl sites for hydroxylation is 1. The molecular formula is C10H15N3O2. The van der Waals surface area contributed by atoms with Gasteiger partial charge in [-0.1, -0.05) is 0 Å². The Morgan fingerprint density at radius 3 is 3.00 bits per heavy atom. The molecule has 1 unspecified atom stereocenters. The molecule has 1 aliphatic heterocycles. The second kappa shape index (κ2) is 4.02. The molecule has 82 valence electrons. The molecule has 0 spiro atoms. The average molecular weight is 209 g/mol. The summed E-state index contributed by atoms with van der Waals surface area (Å²) in [6.45, 7) is 1.71. The van der Waals surface area contributed by atoms with E-state index in [2.05, 4.69) is 10.00 Å². The van der Waals surface area contributed by atoms with Crippen molar-refractivity contribution in [2.75, 3.05) is 13.7 Å². The van der Waals surface area contributed by atoms with Crippen LogP contribution >= 0.6 is 0 Å². The number of ether oxygens (including phenoxy) is 1. The lowest BCUT2D eigenvalue weighted by Gasteiger charge is -2.38. The van der Waals surface area contributed by atoms with Crippen LogP contribution in [0, 0.1) is 0 Å². The van der Waals surface area contributed by atoms with Gasteiger partial charge in [-0.3, -0.25) is 14.4 Å². The van der Waals surface area contributed by atoms with Crippen molar-refractivity contribution in [2.45, 2.75) is 19.0 Å². The lowest BCUT2D eigenvalue weighted by atomic mass is 10.0. The van der Waals surface area contributed by atoms with Gasteiger partial charge in [0.25, 0.3) is 0 Å². The van der Waals surface area contributed by atoms with E-state index in [1.807, 2.05) is 17.8 Å². The molecule has 0 aliphatic carbocycles. The molecule has 1 atom stereocenters. The van der Waals surface area contributed by atoms with Crippen LogP contribution in [0.1, 0.15) is 12.1 Å². The Kier molecular flexibility index (Phi) is 2.73. The monoisotopic (exact) mass is 209 g/mol. The highest BCUT2D eigenvalue weighted by Gasteiger charge is 2.35. The topological polar surface area (TPSA) is 47.4 Å².